The Labute approximate surface area is 171 Å². The average molecular weight is 393 g/mol. The van der Waals surface area contributed by atoms with Crippen LogP contribution >= 0.6 is 0 Å². The number of nitriles is 1. The van der Waals surface area contributed by atoms with Crippen molar-refractivity contribution >= 4 is 23.3 Å². The Hall–Kier alpha value is -3.05. The van der Waals surface area contributed by atoms with Gasteiger partial charge in [0.25, 0.3) is 0 Å². The zero-order chi connectivity index (χ0) is 20.2. The summed E-state index contributed by atoms with van der Waals surface area (Å²) in [6.07, 6.45) is 2.24. The monoisotopic (exact) mass is 393 g/mol. The van der Waals surface area contributed by atoms with Gasteiger partial charge in [-0.3, -0.25) is 0 Å². The molecule has 2 heterocycles. The van der Waals surface area contributed by atoms with Gasteiger partial charge in [0.05, 0.1) is 6.61 Å². The third kappa shape index (κ3) is 4.20. The van der Waals surface area contributed by atoms with Crippen molar-refractivity contribution in [3.05, 3.63) is 35.9 Å². The van der Waals surface area contributed by atoms with Crippen LogP contribution in [-0.2, 0) is 0 Å². The van der Waals surface area contributed by atoms with Crippen LogP contribution in [0.5, 0.6) is 0 Å². The van der Waals surface area contributed by atoms with E-state index in [1.807, 2.05) is 13.1 Å². The lowest BCUT2D eigenvalue weighted by molar-refractivity contribution is 0.311. The molecular formula is C21H27N7O. The predicted octanol–water partition coefficient (Wildman–Crippen LogP) is 1.68. The summed E-state index contributed by atoms with van der Waals surface area (Å²) in [5, 5.41) is 22.2. The molecule has 1 saturated heterocycles. The van der Waals surface area contributed by atoms with E-state index in [-0.39, 0.29) is 6.61 Å². The molecule has 2 fully saturated rings. The fourth-order valence-corrected chi connectivity index (χ4v) is 3.72. The van der Waals surface area contributed by atoms with Crippen LogP contribution in [0.2, 0.25) is 0 Å². The Bertz CT molecular complexity index is 871. The van der Waals surface area contributed by atoms with Gasteiger partial charge in [-0.1, -0.05) is 18.2 Å². The van der Waals surface area contributed by atoms with Crippen LogP contribution in [0.25, 0.3) is 0 Å². The Balaban J connectivity index is 1.60. The van der Waals surface area contributed by atoms with E-state index in [2.05, 4.69) is 60.3 Å². The van der Waals surface area contributed by atoms with Gasteiger partial charge in [-0.05, 0) is 25.0 Å². The van der Waals surface area contributed by atoms with Crippen LogP contribution in [-0.4, -0.2) is 67.5 Å². The number of nitrogens with zero attached hydrogens (tertiary/aromatic N) is 6. The summed E-state index contributed by atoms with van der Waals surface area (Å²) in [4.78, 5) is 15.9. The number of anilines is 4. The van der Waals surface area contributed by atoms with E-state index in [0.29, 0.717) is 35.7 Å². The molecule has 4 rings (SSSR count). The highest BCUT2D eigenvalue weighted by Gasteiger charge is 2.31. The second-order valence-electron chi connectivity index (χ2n) is 7.48. The molecule has 1 aliphatic carbocycles. The van der Waals surface area contributed by atoms with Crippen LogP contribution in [0, 0.1) is 11.3 Å². The van der Waals surface area contributed by atoms with Crippen molar-refractivity contribution in [1.29, 1.82) is 5.26 Å². The second kappa shape index (κ2) is 8.53. The molecule has 1 aromatic heterocycles. The van der Waals surface area contributed by atoms with E-state index in [1.54, 1.807) is 0 Å². The Morgan fingerprint density at radius 3 is 2.45 bits per heavy atom. The summed E-state index contributed by atoms with van der Waals surface area (Å²) >= 11 is 0. The number of benzene rings is 1. The number of aromatic nitrogens is 2. The van der Waals surface area contributed by atoms with E-state index in [9.17, 15) is 5.26 Å². The first-order valence-electron chi connectivity index (χ1n) is 10.2. The lowest BCUT2D eigenvalue weighted by atomic mass is 10.2. The topological polar surface area (TPSA) is 91.5 Å². The predicted molar refractivity (Wildman–Crippen MR) is 115 cm³/mol. The van der Waals surface area contributed by atoms with Gasteiger partial charge in [0, 0.05) is 51.5 Å². The van der Waals surface area contributed by atoms with Gasteiger partial charge >= 0.3 is 0 Å². The van der Waals surface area contributed by atoms with Crippen molar-refractivity contribution in [3.8, 4) is 6.07 Å². The highest BCUT2D eigenvalue weighted by atomic mass is 16.3. The first-order chi connectivity index (χ1) is 14.2. The molecule has 1 aliphatic heterocycles. The zero-order valence-corrected chi connectivity index (χ0v) is 16.8. The van der Waals surface area contributed by atoms with Crippen LogP contribution in [0.4, 0.5) is 23.3 Å². The van der Waals surface area contributed by atoms with E-state index in [4.69, 9.17) is 5.11 Å². The van der Waals surface area contributed by atoms with E-state index in [0.717, 1.165) is 39.0 Å². The summed E-state index contributed by atoms with van der Waals surface area (Å²) in [6.45, 7) is 3.68. The minimum Gasteiger partial charge on any atom is -0.395 e. The van der Waals surface area contributed by atoms with Crippen molar-refractivity contribution in [2.75, 3.05) is 66.4 Å². The fourth-order valence-electron chi connectivity index (χ4n) is 3.72. The molecule has 2 N–H and O–H groups in total. The number of aliphatic hydroxyl groups excluding tert-OH is 1. The molecule has 8 heteroatoms. The van der Waals surface area contributed by atoms with Gasteiger partial charge in [0.1, 0.15) is 11.6 Å². The molecule has 152 valence electrons. The van der Waals surface area contributed by atoms with Crippen LogP contribution in [0.3, 0.4) is 0 Å². The van der Waals surface area contributed by atoms with Gasteiger partial charge in [0.15, 0.2) is 11.6 Å². The maximum atomic E-state index is 9.92. The first-order valence-corrected chi connectivity index (χ1v) is 10.2. The van der Waals surface area contributed by atoms with Crippen molar-refractivity contribution in [2.24, 2.45) is 0 Å². The maximum Gasteiger partial charge on any atom is 0.226 e. The molecule has 0 radical (unpaired) electrons. The third-order valence-electron chi connectivity index (χ3n) is 5.51. The summed E-state index contributed by atoms with van der Waals surface area (Å²) in [5.41, 5.74) is 1.75. The molecule has 2 aromatic rings. The zero-order valence-electron chi connectivity index (χ0n) is 16.8. The number of piperazine rings is 1. The molecular weight excluding hydrogens is 366 g/mol. The summed E-state index contributed by atoms with van der Waals surface area (Å²) in [5.74, 6) is 1.81. The number of para-hydroxylation sites is 1. The maximum absolute atomic E-state index is 9.92. The molecule has 0 bridgehead atoms. The van der Waals surface area contributed by atoms with Crippen LogP contribution < -0.4 is 20.0 Å². The number of rotatable bonds is 7. The van der Waals surface area contributed by atoms with Gasteiger partial charge in [-0.2, -0.15) is 15.2 Å². The number of hydrogen-bond acceptors (Lipinski definition) is 8. The van der Waals surface area contributed by atoms with Crippen LogP contribution in [0.15, 0.2) is 30.3 Å². The molecule has 29 heavy (non-hydrogen) atoms. The molecule has 2 aliphatic rings. The van der Waals surface area contributed by atoms with Crippen molar-refractivity contribution in [2.45, 2.75) is 18.9 Å². The SMILES string of the molecule is CN(c1nc(NCCO)nc(N2CCN(c3ccccc3)CC2)c1C#N)C1CC1. The first kappa shape index (κ1) is 19.3. The average Bonchev–Trinajstić information content (AvgIpc) is 3.63. The molecule has 0 unspecified atom stereocenters. The second-order valence-corrected chi connectivity index (χ2v) is 7.48. The van der Waals surface area contributed by atoms with Crippen molar-refractivity contribution in [1.82, 2.24) is 9.97 Å². The van der Waals surface area contributed by atoms with Gasteiger partial charge in [0.2, 0.25) is 5.95 Å². The number of aliphatic hydroxyl groups is 1. The molecule has 1 saturated carbocycles. The quantitative estimate of drug-likeness (QED) is 0.734. The fraction of sp³-hybridized carbons (Fsp3) is 0.476. The van der Waals surface area contributed by atoms with Gasteiger partial charge in [-0.15, -0.1) is 0 Å². The molecule has 0 spiro atoms. The largest absolute Gasteiger partial charge is 0.395 e. The highest BCUT2D eigenvalue weighted by molar-refractivity contribution is 5.69. The molecule has 0 atom stereocenters. The number of nitrogens with one attached hydrogen (secondary N) is 1. The van der Waals surface area contributed by atoms with Crippen molar-refractivity contribution in [3.63, 3.8) is 0 Å². The van der Waals surface area contributed by atoms with E-state index >= 15 is 0 Å². The van der Waals surface area contributed by atoms with Gasteiger partial charge in [-0.25, -0.2) is 0 Å². The lowest BCUT2D eigenvalue weighted by Crippen LogP contribution is -2.47. The summed E-state index contributed by atoms with van der Waals surface area (Å²) in [7, 11) is 1.99. The minimum absolute atomic E-state index is 0.00222. The molecule has 0 amide bonds. The van der Waals surface area contributed by atoms with E-state index < -0.39 is 0 Å². The highest BCUT2D eigenvalue weighted by Crippen LogP contribution is 2.35. The minimum atomic E-state index is 0.00222. The summed E-state index contributed by atoms with van der Waals surface area (Å²) in [6, 6.07) is 13.2. The summed E-state index contributed by atoms with van der Waals surface area (Å²) < 4.78 is 0. The number of hydrogen-bond donors (Lipinski definition) is 2. The van der Waals surface area contributed by atoms with Crippen LogP contribution in [0.1, 0.15) is 18.4 Å². The molecule has 8 nitrogen and oxygen atoms in total. The normalized spacial score (nSPS) is 16.4. The lowest BCUT2D eigenvalue weighted by Gasteiger charge is -2.37. The third-order valence-corrected chi connectivity index (χ3v) is 5.51. The van der Waals surface area contributed by atoms with Crippen molar-refractivity contribution < 1.29 is 5.11 Å². The standard InChI is InChI=1S/C21H27N7O/c1-26(16-7-8-16)19-18(15-22)20(25-21(24-19)23-9-14-29)28-12-10-27(11-13-28)17-5-3-2-4-6-17/h2-6,16,29H,7-14H2,1H3,(H,23,24,25). The Morgan fingerprint density at radius 2 is 1.83 bits per heavy atom. The van der Waals surface area contributed by atoms with E-state index in [1.165, 1.54) is 5.69 Å². The molecule has 1 aromatic carbocycles. The van der Waals surface area contributed by atoms with Gasteiger partial charge < -0.3 is 25.1 Å². The Kier molecular flexibility index (Phi) is 5.67. The Morgan fingerprint density at radius 1 is 1.14 bits per heavy atom. The smallest absolute Gasteiger partial charge is 0.226 e.